The summed E-state index contributed by atoms with van der Waals surface area (Å²) in [4.78, 5) is 35.4. The summed E-state index contributed by atoms with van der Waals surface area (Å²) in [6, 6.07) is 6.77. The molecular weight excluding hydrogens is 282 g/mol. The number of hydrogen-bond acceptors (Lipinski definition) is 3. The van der Waals surface area contributed by atoms with Gasteiger partial charge in [0.25, 0.3) is 0 Å². The number of anilines is 2. The van der Waals surface area contributed by atoms with E-state index in [0.717, 1.165) is 6.42 Å². The zero-order valence-corrected chi connectivity index (χ0v) is 13.4. The van der Waals surface area contributed by atoms with Gasteiger partial charge in [-0.2, -0.15) is 0 Å². The van der Waals surface area contributed by atoms with Crippen molar-refractivity contribution in [3.05, 3.63) is 24.3 Å². The smallest absolute Gasteiger partial charge is 0.239 e. The molecular formula is C16H23N3O3. The van der Waals surface area contributed by atoms with Crippen LogP contribution in [0.3, 0.4) is 0 Å². The highest BCUT2D eigenvalue weighted by Crippen LogP contribution is 2.21. The lowest BCUT2D eigenvalue weighted by Crippen LogP contribution is -2.45. The summed E-state index contributed by atoms with van der Waals surface area (Å²) in [6.07, 6.45) is 0.808. The molecule has 3 N–H and O–H groups in total. The van der Waals surface area contributed by atoms with Gasteiger partial charge in [0, 0.05) is 24.8 Å². The van der Waals surface area contributed by atoms with E-state index < -0.39 is 11.3 Å². The minimum absolute atomic E-state index is 0.192. The van der Waals surface area contributed by atoms with E-state index in [-0.39, 0.29) is 11.8 Å². The molecule has 0 heterocycles. The molecule has 0 spiro atoms. The van der Waals surface area contributed by atoms with Gasteiger partial charge in [-0.05, 0) is 38.5 Å². The molecule has 0 aromatic heterocycles. The zero-order valence-electron chi connectivity index (χ0n) is 13.4. The summed E-state index contributed by atoms with van der Waals surface area (Å²) >= 11 is 0. The van der Waals surface area contributed by atoms with Gasteiger partial charge in [0.2, 0.25) is 17.7 Å². The molecule has 0 fully saturated rings. The second kappa shape index (κ2) is 7.59. The molecule has 0 unspecified atom stereocenters. The second-order valence-corrected chi connectivity index (χ2v) is 5.60. The average molecular weight is 305 g/mol. The Morgan fingerprint density at radius 3 is 2.18 bits per heavy atom. The van der Waals surface area contributed by atoms with Crippen LogP contribution in [0.2, 0.25) is 0 Å². The Bertz CT molecular complexity index is 568. The molecule has 0 aliphatic rings. The zero-order chi connectivity index (χ0) is 16.8. The van der Waals surface area contributed by atoms with E-state index in [1.165, 1.54) is 6.92 Å². The van der Waals surface area contributed by atoms with Crippen LogP contribution in [-0.4, -0.2) is 24.3 Å². The van der Waals surface area contributed by atoms with Crippen LogP contribution < -0.4 is 16.0 Å². The number of nitrogens with one attached hydrogen (secondary N) is 3. The Morgan fingerprint density at radius 2 is 1.64 bits per heavy atom. The van der Waals surface area contributed by atoms with Gasteiger partial charge in [0.15, 0.2) is 0 Å². The van der Waals surface area contributed by atoms with Gasteiger partial charge < -0.3 is 16.0 Å². The maximum Gasteiger partial charge on any atom is 0.239 e. The Balaban J connectivity index is 2.78. The van der Waals surface area contributed by atoms with E-state index in [4.69, 9.17) is 0 Å². The van der Waals surface area contributed by atoms with E-state index in [0.29, 0.717) is 17.9 Å². The lowest BCUT2D eigenvalue weighted by molar-refractivity contribution is -0.138. The van der Waals surface area contributed by atoms with Crippen molar-refractivity contribution in [3.63, 3.8) is 0 Å². The van der Waals surface area contributed by atoms with Crippen molar-refractivity contribution >= 4 is 29.1 Å². The van der Waals surface area contributed by atoms with E-state index in [9.17, 15) is 14.4 Å². The van der Waals surface area contributed by atoms with Crippen LogP contribution in [0.15, 0.2) is 24.3 Å². The van der Waals surface area contributed by atoms with Crippen LogP contribution in [0.1, 0.15) is 34.1 Å². The lowest BCUT2D eigenvalue weighted by Gasteiger charge is -2.22. The number of amides is 3. The minimum Gasteiger partial charge on any atom is -0.355 e. The predicted molar refractivity (Wildman–Crippen MR) is 86.5 cm³/mol. The summed E-state index contributed by atoms with van der Waals surface area (Å²) < 4.78 is 0. The van der Waals surface area contributed by atoms with Gasteiger partial charge in [0.1, 0.15) is 5.41 Å². The van der Waals surface area contributed by atoms with Crippen LogP contribution in [0.5, 0.6) is 0 Å². The molecule has 0 bridgehead atoms. The van der Waals surface area contributed by atoms with Crippen LogP contribution in [0, 0.1) is 5.41 Å². The van der Waals surface area contributed by atoms with Crippen molar-refractivity contribution in [2.75, 3.05) is 17.2 Å². The highest BCUT2D eigenvalue weighted by atomic mass is 16.2. The molecule has 0 saturated carbocycles. The third kappa shape index (κ3) is 4.87. The molecule has 1 aromatic carbocycles. The van der Waals surface area contributed by atoms with Crippen molar-refractivity contribution in [1.82, 2.24) is 5.32 Å². The highest BCUT2D eigenvalue weighted by Gasteiger charge is 2.35. The first-order chi connectivity index (χ1) is 10.3. The maximum absolute atomic E-state index is 12.3. The Morgan fingerprint density at radius 1 is 1.05 bits per heavy atom. The molecule has 6 heteroatoms. The summed E-state index contributed by atoms with van der Waals surface area (Å²) in [6.45, 7) is 7.04. The van der Waals surface area contributed by atoms with Gasteiger partial charge in [-0.1, -0.05) is 13.0 Å². The van der Waals surface area contributed by atoms with E-state index >= 15 is 0 Å². The number of carbonyl (C=O) groups is 3. The molecule has 3 amide bonds. The van der Waals surface area contributed by atoms with Crippen molar-refractivity contribution in [2.45, 2.75) is 34.1 Å². The number of carbonyl (C=O) groups excluding carboxylic acids is 3. The first kappa shape index (κ1) is 17.7. The third-order valence-corrected chi connectivity index (χ3v) is 3.11. The largest absolute Gasteiger partial charge is 0.355 e. The fraction of sp³-hybridized carbons (Fsp3) is 0.438. The highest BCUT2D eigenvalue weighted by molar-refractivity contribution is 6.10. The Labute approximate surface area is 130 Å². The molecule has 0 radical (unpaired) electrons. The second-order valence-electron chi connectivity index (χ2n) is 5.60. The fourth-order valence-electron chi connectivity index (χ4n) is 1.73. The van der Waals surface area contributed by atoms with Gasteiger partial charge in [-0.25, -0.2) is 0 Å². The Kier molecular flexibility index (Phi) is 6.10. The SMILES string of the molecule is CCCNC(=O)C(C)(C)C(=O)Nc1cccc(NC(C)=O)c1. The molecule has 0 aliphatic heterocycles. The van der Waals surface area contributed by atoms with Crippen LogP contribution in [-0.2, 0) is 14.4 Å². The summed E-state index contributed by atoms with van der Waals surface area (Å²) in [5.74, 6) is -0.909. The molecule has 0 aliphatic carbocycles. The maximum atomic E-state index is 12.3. The molecule has 22 heavy (non-hydrogen) atoms. The van der Waals surface area contributed by atoms with Crippen molar-refractivity contribution in [3.8, 4) is 0 Å². The molecule has 0 atom stereocenters. The van der Waals surface area contributed by atoms with E-state index in [2.05, 4.69) is 16.0 Å². The first-order valence-electron chi connectivity index (χ1n) is 7.24. The molecule has 120 valence electrons. The van der Waals surface area contributed by atoms with E-state index in [1.807, 2.05) is 6.92 Å². The molecule has 1 rings (SSSR count). The predicted octanol–water partition coefficient (Wildman–Crippen LogP) is 2.14. The summed E-state index contributed by atoms with van der Waals surface area (Å²) in [7, 11) is 0. The van der Waals surface area contributed by atoms with Crippen molar-refractivity contribution in [2.24, 2.45) is 5.41 Å². The number of hydrogen-bond donors (Lipinski definition) is 3. The summed E-state index contributed by atoms with van der Waals surface area (Å²) in [5.41, 5.74) is -0.0784. The molecule has 0 saturated heterocycles. The summed E-state index contributed by atoms with van der Waals surface area (Å²) in [5, 5.41) is 8.06. The van der Waals surface area contributed by atoms with Gasteiger partial charge >= 0.3 is 0 Å². The number of benzene rings is 1. The monoisotopic (exact) mass is 305 g/mol. The third-order valence-electron chi connectivity index (χ3n) is 3.11. The topological polar surface area (TPSA) is 87.3 Å². The van der Waals surface area contributed by atoms with E-state index in [1.54, 1.807) is 38.1 Å². The quantitative estimate of drug-likeness (QED) is 0.704. The average Bonchev–Trinajstić information content (AvgIpc) is 2.44. The number of rotatable bonds is 6. The standard InChI is InChI=1S/C16H23N3O3/c1-5-9-17-14(21)16(3,4)15(22)19-13-8-6-7-12(10-13)18-11(2)20/h6-8,10H,5,9H2,1-4H3,(H,17,21)(H,18,20)(H,19,22). The lowest BCUT2D eigenvalue weighted by atomic mass is 9.91. The normalized spacial score (nSPS) is 10.7. The first-order valence-corrected chi connectivity index (χ1v) is 7.24. The minimum atomic E-state index is -1.18. The van der Waals surface area contributed by atoms with Crippen molar-refractivity contribution < 1.29 is 14.4 Å². The van der Waals surface area contributed by atoms with Gasteiger partial charge in [0.05, 0.1) is 0 Å². The molecule has 1 aromatic rings. The van der Waals surface area contributed by atoms with Gasteiger partial charge in [-0.15, -0.1) is 0 Å². The van der Waals surface area contributed by atoms with Crippen LogP contribution in [0.25, 0.3) is 0 Å². The van der Waals surface area contributed by atoms with Crippen LogP contribution in [0.4, 0.5) is 11.4 Å². The van der Waals surface area contributed by atoms with Crippen LogP contribution >= 0.6 is 0 Å². The fourth-order valence-corrected chi connectivity index (χ4v) is 1.73. The Hall–Kier alpha value is -2.37. The molecule has 6 nitrogen and oxygen atoms in total. The van der Waals surface area contributed by atoms with Crippen molar-refractivity contribution in [1.29, 1.82) is 0 Å². The van der Waals surface area contributed by atoms with Gasteiger partial charge in [-0.3, -0.25) is 14.4 Å².